The molecule has 0 aliphatic heterocycles. The van der Waals surface area contributed by atoms with Gasteiger partial charge in [-0.3, -0.25) is 9.78 Å². The zero-order chi connectivity index (χ0) is 17.5. The van der Waals surface area contributed by atoms with E-state index < -0.39 is 0 Å². The summed E-state index contributed by atoms with van der Waals surface area (Å²) < 4.78 is 5.70. The van der Waals surface area contributed by atoms with Gasteiger partial charge in [-0.25, -0.2) is 4.98 Å². The number of aryl methyl sites for hydroxylation is 1. The van der Waals surface area contributed by atoms with Crippen molar-refractivity contribution >= 4 is 22.4 Å². The van der Waals surface area contributed by atoms with Gasteiger partial charge < -0.3 is 10.1 Å². The van der Waals surface area contributed by atoms with Crippen LogP contribution in [0.3, 0.4) is 0 Å². The average Bonchev–Trinajstić information content (AvgIpc) is 3.09. The molecule has 0 spiro atoms. The third-order valence-corrected chi connectivity index (χ3v) is 4.36. The Kier molecular flexibility index (Phi) is 5.74. The van der Waals surface area contributed by atoms with E-state index in [1.165, 1.54) is 11.3 Å². The van der Waals surface area contributed by atoms with E-state index in [4.69, 9.17) is 4.74 Å². The number of amides is 1. The number of aromatic nitrogens is 2. The van der Waals surface area contributed by atoms with Crippen LogP contribution < -0.4 is 10.1 Å². The maximum absolute atomic E-state index is 12.0. The number of anilines is 1. The quantitative estimate of drug-likeness (QED) is 0.643. The number of hydrogen-bond donors (Lipinski definition) is 1. The van der Waals surface area contributed by atoms with Crippen LogP contribution >= 0.6 is 11.3 Å². The highest BCUT2D eigenvalue weighted by molar-refractivity contribution is 7.14. The molecule has 0 bridgehead atoms. The summed E-state index contributed by atoms with van der Waals surface area (Å²) in [5, 5.41) is 5.35. The number of hydrogen-bond acceptors (Lipinski definition) is 5. The zero-order valence-electron chi connectivity index (χ0n) is 13.9. The number of para-hydroxylation sites is 1. The van der Waals surface area contributed by atoms with Crippen LogP contribution in [0, 0.1) is 6.92 Å². The average molecular weight is 353 g/mol. The summed E-state index contributed by atoms with van der Waals surface area (Å²) in [5.41, 5.74) is 2.85. The lowest BCUT2D eigenvalue weighted by Crippen LogP contribution is -2.12. The first-order chi connectivity index (χ1) is 12.2. The van der Waals surface area contributed by atoms with Gasteiger partial charge in [-0.15, -0.1) is 11.3 Å². The van der Waals surface area contributed by atoms with Gasteiger partial charge in [0.1, 0.15) is 5.75 Å². The minimum atomic E-state index is -0.0551. The second kappa shape index (κ2) is 8.39. The summed E-state index contributed by atoms with van der Waals surface area (Å²) in [5.74, 6) is 0.810. The Morgan fingerprint density at radius 2 is 2.12 bits per heavy atom. The van der Waals surface area contributed by atoms with Gasteiger partial charge in [0.2, 0.25) is 5.91 Å². The van der Waals surface area contributed by atoms with Gasteiger partial charge in [0.25, 0.3) is 0 Å². The first-order valence-electron chi connectivity index (χ1n) is 8.06. The van der Waals surface area contributed by atoms with Crippen LogP contribution in [0.15, 0.2) is 54.2 Å². The maximum Gasteiger partial charge on any atom is 0.226 e. The summed E-state index contributed by atoms with van der Waals surface area (Å²) in [7, 11) is 0. The van der Waals surface area contributed by atoms with E-state index in [0.29, 0.717) is 24.6 Å². The molecule has 5 nitrogen and oxygen atoms in total. The Bertz CT molecular complexity index is 833. The third-order valence-electron chi connectivity index (χ3n) is 3.61. The Morgan fingerprint density at radius 3 is 2.92 bits per heavy atom. The van der Waals surface area contributed by atoms with Crippen molar-refractivity contribution in [2.45, 2.75) is 19.8 Å². The van der Waals surface area contributed by atoms with Crippen molar-refractivity contribution in [3.8, 4) is 17.0 Å². The van der Waals surface area contributed by atoms with E-state index in [0.717, 1.165) is 22.6 Å². The number of carbonyl (C=O) groups is 1. The smallest absolute Gasteiger partial charge is 0.226 e. The van der Waals surface area contributed by atoms with E-state index >= 15 is 0 Å². The van der Waals surface area contributed by atoms with Gasteiger partial charge in [0.05, 0.1) is 12.3 Å². The van der Waals surface area contributed by atoms with Gasteiger partial charge in [0, 0.05) is 29.8 Å². The number of rotatable bonds is 7. The highest BCUT2D eigenvalue weighted by atomic mass is 32.1. The monoisotopic (exact) mass is 353 g/mol. The van der Waals surface area contributed by atoms with Crippen molar-refractivity contribution in [2.75, 3.05) is 11.9 Å². The molecule has 25 heavy (non-hydrogen) atoms. The van der Waals surface area contributed by atoms with Crippen molar-refractivity contribution in [2.24, 2.45) is 0 Å². The molecule has 0 atom stereocenters. The number of thiazole rings is 1. The maximum atomic E-state index is 12.0. The normalized spacial score (nSPS) is 10.4. The molecule has 0 aliphatic rings. The highest BCUT2D eigenvalue weighted by Crippen LogP contribution is 2.24. The van der Waals surface area contributed by atoms with Crippen LogP contribution in [-0.4, -0.2) is 22.5 Å². The molecule has 6 heteroatoms. The molecule has 0 saturated carbocycles. The van der Waals surface area contributed by atoms with E-state index in [1.54, 1.807) is 12.4 Å². The van der Waals surface area contributed by atoms with E-state index in [2.05, 4.69) is 15.3 Å². The lowest BCUT2D eigenvalue weighted by Gasteiger charge is -2.08. The highest BCUT2D eigenvalue weighted by Gasteiger charge is 2.08. The van der Waals surface area contributed by atoms with Crippen LogP contribution in [0.4, 0.5) is 5.13 Å². The standard InChI is InChI=1S/C19H19N3O2S/c1-14-6-2-3-8-17(14)24-11-5-9-18(23)22-19-21-16(13-25-19)15-7-4-10-20-12-15/h2-4,6-8,10,12-13H,5,9,11H2,1H3,(H,21,22,23). The Labute approximate surface area is 150 Å². The second-order valence-electron chi connectivity index (χ2n) is 5.55. The summed E-state index contributed by atoms with van der Waals surface area (Å²) in [6.45, 7) is 2.52. The molecule has 0 fully saturated rings. The zero-order valence-corrected chi connectivity index (χ0v) is 14.8. The fourth-order valence-corrected chi connectivity index (χ4v) is 3.03. The molecular formula is C19H19N3O2S. The molecule has 1 amide bonds. The summed E-state index contributed by atoms with van der Waals surface area (Å²) >= 11 is 1.41. The Balaban J connectivity index is 1.44. The van der Waals surface area contributed by atoms with Crippen molar-refractivity contribution in [3.63, 3.8) is 0 Å². The van der Waals surface area contributed by atoms with E-state index in [-0.39, 0.29) is 5.91 Å². The molecule has 128 valence electrons. The van der Waals surface area contributed by atoms with Crippen LogP contribution in [-0.2, 0) is 4.79 Å². The van der Waals surface area contributed by atoms with Crippen molar-refractivity contribution in [3.05, 3.63) is 59.7 Å². The third kappa shape index (κ3) is 4.87. The SMILES string of the molecule is Cc1ccccc1OCCCC(=O)Nc1nc(-c2cccnc2)cs1. The predicted molar refractivity (Wildman–Crippen MR) is 99.9 cm³/mol. The summed E-state index contributed by atoms with van der Waals surface area (Å²) in [6.07, 6.45) is 4.52. The number of pyridine rings is 1. The van der Waals surface area contributed by atoms with Gasteiger partial charge >= 0.3 is 0 Å². The van der Waals surface area contributed by atoms with Gasteiger partial charge in [-0.2, -0.15) is 0 Å². The number of benzene rings is 1. The van der Waals surface area contributed by atoms with Crippen molar-refractivity contribution in [1.29, 1.82) is 0 Å². The van der Waals surface area contributed by atoms with Crippen LogP contribution in [0.2, 0.25) is 0 Å². The molecule has 2 aromatic heterocycles. The van der Waals surface area contributed by atoms with Crippen LogP contribution in [0.25, 0.3) is 11.3 Å². The minimum absolute atomic E-state index is 0.0551. The largest absolute Gasteiger partial charge is 0.493 e. The summed E-state index contributed by atoms with van der Waals surface area (Å²) in [4.78, 5) is 20.5. The Morgan fingerprint density at radius 1 is 1.24 bits per heavy atom. The number of carbonyl (C=O) groups excluding carboxylic acids is 1. The number of nitrogens with one attached hydrogen (secondary N) is 1. The summed E-state index contributed by atoms with van der Waals surface area (Å²) in [6, 6.07) is 11.7. The predicted octanol–water partition coefficient (Wildman–Crippen LogP) is 4.31. The molecule has 0 aliphatic carbocycles. The van der Waals surface area contributed by atoms with Crippen LogP contribution in [0.1, 0.15) is 18.4 Å². The molecule has 2 heterocycles. The van der Waals surface area contributed by atoms with E-state index in [9.17, 15) is 4.79 Å². The number of nitrogens with zero attached hydrogens (tertiary/aromatic N) is 2. The molecular weight excluding hydrogens is 334 g/mol. The molecule has 0 unspecified atom stereocenters. The minimum Gasteiger partial charge on any atom is -0.493 e. The molecule has 1 N–H and O–H groups in total. The molecule has 3 rings (SSSR count). The molecule has 1 aromatic carbocycles. The second-order valence-corrected chi connectivity index (χ2v) is 6.40. The topological polar surface area (TPSA) is 64.1 Å². The Hall–Kier alpha value is -2.73. The number of ether oxygens (including phenoxy) is 1. The van der Waals surface area contributed by atoms with Gasteiger partial charge in [0.15, 0.2) is 5.13 Å². The molecule has 0 radical (unpaired) electrons. The molecule has 0 saturated heterocycles. The fourth-order valence-electron chi connectivity index (χ4n) is 2.29. The lowest BCUT2D eigenvalue weighted by atomic mass is 10.2. The van der Waals surface area contributed by atoms with Crippen LogP contribution in [0.5, 0.6) is 5.75 Å². The van der Waals surface area contributed by atoms with Gasteiger partial charge in [-0.05, 0) is 37.1 Å². The first-order valence-corrected chi connectivity index (χ1v) is 8.94. The first kappa shape index (κ1) is 17.1. The van der Waals surface area contributed by atoms with E-state index in [1.807, 2.05) is 48.7 Å². The van der Waals surface area contributed by atoms with Crippen molar-refractivity contribution in [1.82, 2.24) is 9.97 Å². The fraction of sp³-hybridized carbons (Fsp3) is 0.211. The molecule has 3 aromatic rings. The van der Waals surface area contributed by atoms with Gasteiger partial charge in [-0.1, -0.05) is 18.2 Å². The lowest BCUT2D eigenvalue weighted by molar-refractivity contribution is -0.116. The van der Waals surface area contributed by atoms with Crippen molar-refractivity contribution < 1.29 is 9.53 Å².